The zero-order valence-electron chi connectivity index (χ0n) is 16.1. The van der Waals surface area contributed by atoms with Gasteiger partial charge in [0.1, 0.15) is 0 Å². The van der Waals surface area contributed by atoms with E-state index in [0.717, 1.165) is 22.6 Å². The quantitative estimate of drug-likeness (QED) is 0.620. The molecule has 0 aliphatic heterocycles. The standard InChI is InChI=1S/C24H27NO/c1-17-5-9-23(15-19(17)3)25(24-10-6-18(2)20(4)16-24)22-11-7-21(8-12-22)13-14-26/h5-12,15-16,26H,13-14H2,1-4H3. The number of nitrogens with zero attached hydrogens (tertiary/aromatic N) is 1. The highest BCUT2D eigenvalue weighted by atomic mass is 16.2. The van der Waals surface area contributed by atoms with Gasteiger partial charge in [-0.25, -0.2) is 0 Å². The molecule has 3 aromatic rings. The third-order valence-electron chi connectivity index (χ3n) is 5.09. The summed E-state index contributed by atoms with van der Waals surface area (Å²) in [7, 11) is 0. The van der Waals surface area contributed by atoms with Crippen LogP contribution in [0.15, 0.2) is 60.7 Å². The van der Waals surface area contributed by atoms with Crippen LogP contribution in [0.4, 0.5) is 17.1 Å². The lowest BCUT2D eigenvalue weighted by molar-refractivity contribution is 0.299. The largest absolute Gasteiger partial charge is 0.396 e. The molecule has 134 valence electrons. The van der Waals surface area contributed by atoms with Crippen molar-refractivity contribution in [2.75, 3.05) is 11.5 Å². The Bertz CT molecular complexity index is 845. The van der Waals surface area contributed by atoms with E-state index in [1.165, 1.54) is 22.3 Å². The number of benzene rings is 3. The molecule has 3 rings (SSSR count). The van der Waals surface area contributed by atoms with Gasteiger partial charge in [-0.3, -0.25) is 0 Å². The molecule has 0 amide bonds. The van der Waals surface area contributed by atoms with E-state index in [2.05, 4.69) is 93.3 Å². The predicted octanol–water partition coefficient (Wildman–Crippen LogP) is 5.92. The molecule has 0 atom stereocenters. The van der Waals surface area contributed by atoms with Crippen molar-refractivity contribution < 1.29 is 5.11 Å². The van der Waals surface area contributed by atoms with Gasteiger partial charge in [-0.05, 0) is 98.3 Å². The average Bonchev–Trinajstić information content (AvgIpc) is 2.63. The highest BCUT2D eigenvalue weighted by Crippen LogP contribution is 2.36. The zero-order valence-corrected chi connectivity index (χ0v) is 16.1. The monoisotopic (exact) mass is 345 g/mol. The number of aliphatic hydroxyl groups is 1. The Hall–Kier alpha value is -2.58. The molecular formula is C24H27NO. The van der Waals surface area contributed by atoms with E-state index in [-0.39, 0.29) is 6.61 Å². The van der Waals surface area contributed by atoms with E-state index in [1.807, 2.05) is 0 Å². The molecule has 0 spiro atoms. The maximum absolute atomic E-state index is 9.16. The average molecular weight is 345 g/mol. The number of rotatable bonds is 5. The zero-order chi connectivity index (χ0) is 18.7. The molecule has 2 heteroatoms. The van der Waals surface area contributed by atoms with Crippen LogP contribution in [0.3, 0.4) is 0 Å². The molecule has 0 saturated carbocycles. The van der Waals surface area contributed by atoms with Crippen molar-refractivity contribution in [3.63, 3.8) is 0 Å². The molecule has 1 N–H and O–H groups in total. The Morgan fingerprint density at radius 1 is 0.615 bits per heavy atom. The third-order valence-corrected chi connectivity index (χ3v) is 5.09. The normalized spacial score (nSPS) is 10.8. The molecule has 0 aromatic heterocycles. The van der Waals surface area contributed by atoms with E-state index >= 15 is 0 Å². The Kier molecular flexibility index (Phi) is 5.43. The Morgan fingerprint density at radius 2 is 1.08 bits per heavy atom. The van der Waals surface area contributed by atoms with Crippen LogP contribution in [-0.2, 0) is 6.42 Å². The number of hydrogen-bond acceptors (Lipinski definition) is 2. The molecule has 0 aliphatic carbocycles. The number of aryl methyl sites for hydroxylation is 4. The molecule has 0 aliphatic rings. The summed E-state index contributed by atoms with van der Waals surface area (Å²) in [6.07, 6.45) is 0.688. The van der Waals surface area contributed by atoms with Crippen molar-refractivity contribution in [2.45, 2.75) is 34.1 Å². The van der Waals surface area contributed by atoms with Crippen molar-refractivity contribution in [1.82, 2.24) is 0 Å². The van der Waals surface area contributed by atoms with Gasteiger partial charge in [0.15, 0.2) is 0 Å². The second-order valence-electron chi connectivity index (χ2n) is 7.01. The lowest BCUT2D eigenvalue weighted by Gasteiger charge is -2.27. The maximum atomic E-state index is 9.16. The molecule has 0 unspecified atom stereocenters. The molecule has 2 nitrogen and oxygen atoms in total. The summed E-state index contributed by atoms with van der Waals surface area (Å²) >= 11 is 0. The van der Waals surface area contributed by atoms with Gasteiger partial charge in [0.05, 0.1) is 0 Å². The molecule has 26 heavy (non-hydrogen) atoms. The van der Waals surface area contributed by atoms with Crippen LogP contribution in [-0.4, -0.2) is 11.7 Å². The molecular weight excluding hydrogens is 318 g/mol. The summed E-state index contributed by atoms with van der Waals surface area (Å²) in [5.74, 6) is 0. The minimum atomic E-state index is 0.178. The fourth-order valence-electron chi connectivity index (χ4n) is 3.12. The fourth-order valence-corrected chi connectivity index (χ4v) is 3.12. The fraction of sp³-hybridized carbons (Fsp3) is 0.250. The van der Waals surface area contributed by atoms with Gasteiger partial charge in [-0.2, -0.15) is 0 Å². The molecule has 0 bridgehead atoms. The van der Waals surface area contributed by atoms with E-state index < -0.39 is 0 Å². The smallest absolute Gasteiger partial charge is 0.0471 e. The summed E-state index contributed by atoms with van der Waals surface area (Å²) in [6, 6.07) is 21.7. The van der Waals surface area contributed by atoms with Gasteiger partial charge in [-0.1, -0.05) is 24.3 Å². The summed E-state index contributed by atoms with van der Waals surface area (Å²) in [4.78, 5) is 2.29. The van der Waals surface area contributed by atoms with Crippen LogP contribution in [0.5, 0.6) is 0 Å². The summed E-state index contributed by atoms with van der Waals surface area (Å²) in [5.41, 5.74) is 9.76. The highest BCUT2D eigenvalue weighted by Gasteiger charge is 2.14. The predicted molar refractivity (Wildman–Crippen MR) is 111 cm³/mol. The topological polar surface area (TPSA) is 23.5 Å². The first-order valence-electron chi connectivity index (χ1n) is 9.14. The van der Waals surface area contributed by atoms with Crippen molar-refractivity contribution in [3.8, 4) is 0 Å². The van der Waals surface area contributed by atoms with Gasteiger partial charge in [0, 0.05) is 23.7 Å². The van der Waals surface area contributed by atoms with Crippen LogP contribution in [0.1, 0.15) is 27.8 Å². The first-order chi connectivity index (χ1) is 12.5. The molecule has 0 fully saturated rings. The van der Waals surface area contributed by atoms with Crippen molar-refractivity contribution >= 4 is 17.1 Å². The Labute approximate surface area is 156 Å². The van der Waals surface area contributed by atoms with Crippen molar-refractivity contribution in [3.05, 3.63) is 88.5 Å². The number of aliphatic hydroxyl groups excluding tert-OH is 1. The summed E-state index contributed by atoms with van der Waals surface area (Å²) in [6.45, 7) is 8.77. The maximum Gasteiger partial charge on any atom is 0.0471 e. The molecule has 0 heterocycles. The van der Waals surface area contributed by atoms with Gasteiger partial charge >= 0.3 is 0 Å². The lowest BCUT2D eigenvalue weighted by Crippen LogP contribution is -2.11. The minimum absolute atomic E-state index is 0.178. The molecule has 3 aromatic carbocycles. The lowest BCUT2D eigenvalue weighted by atomic mass is 10.0. The van der Waals surface area contributed by atoms with Crippen LogP contribution in [0.25, 0.3) is 0 Å². The second-order valence-corrected chi connectivity index (χ2v) is 7.01. The summed E-state index contributed by atoms with van der Waals surface area (Å²) in [5, 5.41) is 9.16. The van der Waals surface area contributed by atoms with Gasteiger partial charge < -0.3 is 10.0 Å². The van der Waals surface area contributed by atoms with Crippen LogP contribution in [0.2, 0.25) is 0 Å². The third kappa shape index (κ3) is 3.81. The van der Waals surface area contributed by atoms with Crippen LogP contribution in [0, 0.1) is 27.7 Å². The SMILES string of the molecule is Cc1ccc(N(c2ccc(CCO)cc2)c2ccc(C)c(C)c2)cc1C. The summed E-state index contributed by atoms with van der Waals surface area (Å²) < 4.78 is 0. The number of anilines is 3. The molecule has 0 radical (unpaired) electrons. The Morgan fingerprint density at radius 3 is 1.50 bits per heavy atom. The van der Waals surface area contributed by atoms with Gasteiger partial charge in [0.2, 0.25) is 0 Å². The van der Waals surface area contributed by atoms with Gasteiger partial charge in [-0.15, -0.1) is 0 Å². The van der Waals surface area contributed by atoms with E-state index in [0.29, 0.717) is 6.42 Å². The Balaban J connectivity index is 2.11. The number of hydrogen-bond donors (Lipinski definition) is 1. The van der Waals surface area contributed by atoms with Crippen molar-refractivity contribution in [2.24, 2.45) is 0 Å². The van der Waals surface area contributed by atoms with Crippen molar-refractivity contribution in [1.29, 1.82) is 0 Å². The first-order valence-corrected chi connectivity index (χ1v) is 9.14. The van der Waals surface area contributed by atoms with Gasteiger partial charge in [0.25, 0.3) is 0 Å². The van der Waals surface area contributed by atoms with E-state index in [1.54, 1.807) is 0 Å². The van der Waals surface area contributed by atoms with Crippen LogP contribution < -0.4 is 4.90 Å². The first kappa shape index (κ1) is 18.2. The highest BCUT2D eigenvalue weighted by molar-refractivity contribution is 5.77. The van der Waals surface area contributed by atoms with E-state index in [9.17, 15) is 0 Å². The minimum Gasteiger partial charge on any atom is -0.396 e. The second kappa shape index (κ2) is 7.76. The molecule has 0 saturated heterocycles. The van der Waals surface area contributed by atoms with Crippen LogP contribution >= 0.6 is 0 Å². The van der Waals surface area contributed by atoms with E-state index in [4.69, 9.17) is 5.11 Å².